The van der Waals surface area contributed by atoms with E-state index in [2.05, 4.69) is 0 Å². The molecule has 1 rings (SSSR count). The SMILES string of the molecule is CC(=O)O[C@@H]1[C@@H]([C@H](O[Si](C)(C)C)C(F)(F)F)C(=O)N1[Si](C)(C)C. The normalized spacial score (nSPS) is 24.3. The lowest BCUT2D eigenvalue weighted by molar-refractivity contribution is -0.249. The third-order valence-corrected chi connectivity index (χ3v) is 6.10. The molecule has 0 spiro atoms. The average Bonchev–Trinajstić information content (AvgIpc) is 2.21. The molecule has 0 aromatic carbocycles. The summed E-state index contributed by atoms with van der Waals surface area (Å²) in [4.78, 5) is 23.7. The van der Waals surface area contributed by atoms with Gasteiger partial charge in [-0.15, -0.1) is 0 Å². The van der Waals surface area contributed by atoms with Crippen molar-refractivity contribution in [3.8, 4) is 0 Å². The number of halogens is 3. The molecule has 0 saturated carbocycles. The lowest BCUT2D eigenvalue weighted by Gasteiger charge is -2.54. The number of nitrogens with zero attached hydrogens (tertiary/aromatic N) is 1. The molecule has 1 fully saturated rings. The van der Waals surface area contributed by atoms with Gasteiger partial charge in [0.15, 0.2) is 28.9 Å². The second kappa shape index (κ2) is 6.21. The van der Waals surface area contributed by atoms with Crippen molar-refractivity contribution in [2.45, 2.75) is 64.7 Å². The molecule has 0 aromatic rings. The smallest absolute Gasteiger partial charge is 0.414 e. The molecule has 0 bridgehead atoms. The van der Waals surface area contributed by atoms with Crippen molar-refractivity contribution in [1.82, 2.24) is 4.57 Å². The van der Waals surface area contributed by atoms with Gasteiger partial charge in [0.1, 0.15) is 5.92 Å². The fourth-order valence-corrected chi connectivity index (χ4v) is 5.33. The van der Waals surface area contributed by atoms with Crippen molar-refractivity contribution in [3.63, 3.8) is 0 Å². The number of carbonyl (C=O) groups is 2. The van der Waals surface area contributed by atoms with E-state index in [-0.39, 0.29) is 0 Å². The molecule has 1 heterocycles. The maximum atomic E-state index is 13.4. The lowest BCUT2D eigenvalue weighted by Crippen LogP contribution is -2.74. The zero-order chi connectivity index (χ0) is 18.4. The van der Waals surface area contributed by atoms with Crippen LogP contribution in [-0.4, -0.2) is 51.5 Å². The predicted molar refractivity (Wildman–Crippen MR) is 83.5 cm³/mol. The minimum absolute atomic E-state index is 0.656. The van der Waals surface area contributed by atoms with Crippen molar-refractivity contribution in [2.24, 2.45) is 5.92 Å². The lowest BCUT2D eigenvalue weighted by atomic mass is 9.92. The first-order valence-corrected chi connectivity index (χ1v) is 14.2. The Balaban J connectivity index is 3.19. The monoisotopic (exact) mass is 371 g/mol. The first-order chi connectivity index (χ1) is 10.1. The standard InChI is InChI=1S/C13H24F3NO4Si2/c1-8(18)20-12-9(11(19)17(12)22(2,3)4)10(13(14,15)16)21-23(5,6)7/h9-10,12H,1-7H3/t9-,10-,12+/m0/s1. The molecule has 1 saturated heterocycles. The molecule has 1 amide bonds. The Kier molecular flexibility index (Phi) is 5.44. The van der Waals surface area contributed by atoms with Crippen LogP contribution in [0.1, 0.15) is 6.92 Å². The van der Waals surface area contributed by atoms with Gasteiger partial charge in [-0.1, -0.05) is 19.6 Å². The topological polar surface area (TPSA) is 55.8 Å². The van der Waals surface area contributed by atoms with Crippen molar-refractivity contribution in [3.05, 3.63) is 0 Å². The van der Waals surface area contributed by atoms with E-state index < -0.39 is 52.9 Å². The molecular formula is C13H24F3NO4Si2. The van der Waals surface area contributed by atoms with Crippen LogP contribution < -0.4 is 0 Å². The highest BCUT2D eigenvalue weighted by molar-refractivity contribution is 6.76. The van der Waals surface area contributed by atoms with E-state index in [1.165, 1.54) is 4.57 Å². The fraction of sp³-hybridized carbons (Fsp3) is 0.846. The minimum atomic E-state index is -4.70. The van der Waals surface area contributed by atoms with E-state index in [0.29, 0.717) is 0 Å². The van der Waals surface area contributed by atoms with Crippen LogP contribution in [0.15, 0.2) is 0 Å². The Morgan fingerprint density at radius 1 is 1.17 bits per heavy atom. The number of esters is 1. The van der Waals surface area contributed by atoms with Crippen LogP contribution in [0.2, 0.25) is 39.3 Å². The third kappa shape index (κ3) is 4.80. The molecule has 23 heavy (non-hydrogen) atoms. The molecule has 10 heteroatoms. The molecule has 1 aliphatic rings. The van der Waals surface area contributed by atoms with E-state index in [0.717, 1.165) is 6.92 Å². The highest BCUT2D eigenvalue weighted by Gasteiger charge is 2.64. The number of alkyl halides is 3. The van der Waals surface area contributed by atoms with Gasteiger partial charge >= 0.3 is 12.1 Å². The van der Waals surface area contributed by atoms with Gasteiger partial charge in [0.05, 0.1) is 0 Å². The van der Waals surface area contributed by atoms with Gasteiger partial charge in [0, 0.05) is 6.92 Å². The van der Waals surface area contributed by atoms with Gasteiger partial charge in [0.25, 0.3) is 0 Å². The molecular weight excluding hydrogens is 347 g/mol. The molecule has 5 nitrogen and oxygen atoms in total. The van der Waals surface area contributed by atoms with Crippen molar-refractivity contribution in [1.29, 1.82) is 0 Å². The summed E-state index contributed by atoms with van der Waals surface area (Å²) in [5, 5.41) is 0. The quantitative estimate of drug-likeness (QED) is 0.424. The second-order valence-electron chi connectivity index (χ2n) is 7.60. The zero-order valence-corrected chi connectivity index (χ0v) is 16.4. The zero-order valence-electron chi connectivity index (χ0n) is 14.4. The molecule has 134 valence electrons. The summed E-state index contributed by atoms with van der Waals surface area (Å²) < 4.78 is 51.9. The van der Waals surface area contributed by atoms with Crippen LogP contribution in [0, 0.1) is 5.92 Å². The number of amides is 1. The first kappa shape index (κ1) is 20.2. The van der Waals surface area contributed by atoms with Gasteiger partial charge in [-0.25, -0.2) is 0 Å². The van der Waals surface area contributed by atoms with Crippen molar-refractivity contribution in [2.75, 3.05) is 0 Å². The number of rotatable bonds is 5. The molecule has 0 unspecified atom stereocenters. The maximum absolute atomic E-state index is 13.4. The number of carbonyl (C=O) groups excluding carboxylic acids is 2. The number of ether oxygens (including phenoxy) is 1. The van der Waals surface area contributed by atoms with E-state index in [1.807, 2.05) is 0 Å². The Morgan fingerprint density at radius 3 is 1.96 bits per heavy atom. The highest BCUT2D eigenvalue weighted by Crippen LogP contribution is 2.42. The summed E-state index contributed by atoms with van der Waals surface area (Å²) in [6, 6.07) is 0. The van der Waals surface area contributed by atoms with Gasteiger partial charge in [-0.2, -0.15) is 13.2 Å². The number of β-lactam (4-membered cyclic amide) rings is 1. The van der Waals surface area contributed by atoms with Gasteiger partial charge in [-0.05, 0) is 19.6 Å². The fourth-order valence-electron chi connectivity index (χ4n) is 2.50. The Morgan fingerprint density at radius 2 is 1.65 bits per heavy atom. The highest BCUT2D eigenvalue weighted by atomic mass is 28.4. The predicted octanol–water partition coefficient (Wildman–Crippen LogP) is 2.95. The average molecular weight is 372 g/mol. The van der Waals surface area contributed by atoms with Crippen LogP contribution in [0.25, 0.3) is 0 Å². The summed E-state index contributed by atoms with van der Waals surface area (Å²) in [5.41, 5.74) is 0. The Labute approximate surface area is 136 Å². The molecule has 3 atom stereocenters. The van der Waals surface area contributed by atoms with Crippen LogP contribution in [0.5, 0.6) is 0 Å². The minimum Gasteiger partial charge on any atom is -0.441 e. The largest absolute Gasteiger partial charge is 0.441 e. The number of hydrogen-bond donors (Lipinski definition) is 0. The molecule has 0 N–H and O–H groups in total. The van der Waals surface area contributed by atoms with Crippen LogP contribution in [-0.2, 0) is 18.8 Å². The first-order valence-electron chi connectivity index (χ1n) is 7.30. The summed E-state index contributed by atoms with van der Waals surface area (Å²) in [6.45, 7) is 11.4. The van der Waals surface area contributed by atoms with E-state index in [9.17, 15) is 22.8 Å². The Hall–Kier alpha value is -0.876. The third-order valence-electron chi connectivity index (χ3n) is 3.22. The molecule has 1 aliphatic heterocycles. The summed E-state index contributed by atoms with van der Waals surface area (Å²) >= 11 is 0. The van der Waals surface area contributed by atoms with Crippen molar-refractivity contribution < 1.29 is 31.9 Å². The Bertz CT molecular complexity index is 485. The van der Waals surface area contributed by atoms with Crippen LogP contribution in [0.4, 0.5) is 13.2 Å². The molecule has 0 aromatic heterocycles. The van der Waals surface area contributed by atoms with E-state index in [4.69, 9.17) is 9.16 Å². The van der Waals surface area contributed by atoms with E-state index in [1.54, 1.807) is 39.3 Å². The summed E-state index contributed by atoms with van der Waals surface area (Å²) in [5.74, 6) is -2.90. The van der Waals surface area contributed by atoms with E-state index >= 15 is 0 Å². The second-order valence-corrected chi connectivity index (χ2v) is 16.9. The van der Waals surface area contributed by atoms with Gasteiger partial charge in [-0.3, -0.25) is 9.59 Å². The molecule has 0 aliphatic carbocycles. The maximum Gasteiger partial charge on any atom is 0.414 e. The van der Waals surface area contributed by atoms with Gasteiger partial charge < -0.3 is 13.7 Å². The van der Waals surface area contributed by atoms with Crippen LogP contribution in [0.3, 0.4) is 0 Å². The van der Waals surface area contributed by atoms with Crippen molar-refractivity contribution >= 4 is 28.4 Å². The summed E-state index contributed by atoms with van der Waals surface area (Å²) in [6.07, 6.45) is -8.17. The number of hydrogen-bond acceptors (Lipinski definition) is 4. The van der Waals surface area contributed by atoms with Crippen LogP contribution >= 0.6 is 0 Å². The van der Waals surface area contributed by atoms with Gasteiger partial charge in [0.2, 0.25) is 5.91 Å². The molecule has 0 radical (unpaired) electrons. The summed E-state index contributed by atoms with van der Waals surface area (Å²) in [7, 11) is -4.84.